The molecule has 2 atom stereocenters. The van der Waals surface area contributed by atoms with Crippen molar-refractivity contribution < 1.29 is 13.2 Å². The monoisotopic (exact) mass is 437 g/mol. The Bertz CT molecular complexity index is 841. The van der Waals surface area contributed by atoms with Crippen LogP contribution in [-0.2, 0) is 27.7 Å². The minimum atomic E-state index is -2.97. The van der Waals surface area contributed by atoms with Crippen LogP contribution in [-0.4, -0.2) is 63.4 Å². The summed E-state index contributed by atoms with van der Waals surface area (Å²) in [5, 5.41) is 6.51. The molecular formula is C21H35N5O3S. The van der Waals surface area contributed by atoms with Crippen LogP contribution in [0.1, 0.15) is 37.3 Å². The van der Waals surface area contributed by atoms with Crippen LogP contribution in [0.25, 0.3) is 0 Å². The topological polar surface area (TPSA) is 117 Å². The molecule has 0 aliphatic carbocycles. The summed E-state index contributed by atoms with van der Waals surface area (Å²) in [7, 11) is -1.28. The van der Waals surface area contributed by atoms with Gasteiger partial charge in [-0.05, 0) is 43.9 Å². The Balaban J connectivity index is 1.86. The van der Waals surface area contributed by atoms with E-state index >= 15 is 0 Å². The minimum Gasteiger partial charge on any atom is -0.369 e. The molecule has 1 saturated heterocycles. The zero-order chi connectivity index (χ0) is 22.1. The van der Waals surface area contributed by atoms with Crippen molar-refractivity contribution in [3.05, 3.63) is 35.4 Å². The van der Waals surface area contributed by atoms with E-state index in [0.717, 1.165) is 38.0 Å². The molecule has 0 radical (unpaired) electrons. The van der Waals surface area contributed by atoms with Crippen molar-refractivity contribution in [2.45, 2.75) is 45.3 Å². The average Bonchev–Trinajstić information content (AvgIpc) is 2.69. The molecule has 4 N–H and O–H groups in total. The summed E-state index contributed by atoms with van der Waals surface area (Å²) in [4.78, 5) is 18.0. The van der Waals surface area contributed by atoms with Crippen LogP contribution in [0.3, 0.4) is 0 Å². The Morgan fingerprint density at radius 2 is 2.10 bits per heavy atom. The van der Waals surface area contributed by atoms with Crippen molar-refractivity contribution in [1.82, 2.24) is 15.5 Å². The van der Waals surface area contributed by atoms with Crippen LogP contribution < -0.4 is 16.4 Å². The van der Waals surface area contributed by atoms with Gasteiger partial charge in [0, 0.05) is 39.0 Å². The second kappa shape index (κ2) is 11.3. The lowest BCUT2D eigenvalue weighted by molar-refractivity contribution is -0.123. The highest BCUT2D eigenvalue weighted by molar-refractivity contribution is 7.90. The largest absolute Gasteiger partial charge is 0.369 e. The number of primary amides is 1. The predicted octanol–water partition coefficient (Wildman–Crippen LogP) is 0.872. The number of carbonyl (C=O) groups is 1. The third-order valence-corrected chi connectivity index (χ3v) is 6.27. The van der Waals surface area contributed by atoms with Crippen LogP contribution in [0, 0.1) is 5.92 Å². The number of likely N-dealkylation sites (tertiary alicyclic amines) is 1. The predicted molar refractivity (Wildman–Crippen MR) is 121 cm³/mol. The highest BCUT2D eigenvalue weighted by Gasteiger charge is 2.23. The highest BCUT2D eigenvalue weighted by atomic mass is 32.2. The molecule has 1 heterocycles. The molecule has 30 heavy (non-hydrogen) atoms. The van der Waals surface area contributed by atoms with Crippen molar-refractivity contribution >= 4 is 21.7 Å². The third kappa shape index (κ3) is 8.71. The van der Waals surface area contributed by atoms with E-state index in [0.29, 0.717) is 18.9 Å². The van der Waals surface area contributed by atoms with E-state index in [2.05, 4.69) is 38.7 Å². The number of carbonyl (C=O) groups excluding carboxylic acids is 1. The lowest BCUT2D eigenvalue weighted by atomic mass is 9.97. The van der Waals surface area contributed by atoms with Gasteiger partial charge in [0.05, 0.1) is 11.7 Å². The van der Waals surface area contributed by atoms with Crippen LogP contribution >= 0.6 is 0 Å². The lowest BCUT2D eigenvalue weighted by Gasteiger charge is -2.31. The first-order valence-corrected chi connectivity index (χ1v) is 12.5. The smallest absolute Gasteiger partial charge is 0.221 e. The van der Waals surface area contributed by atoms with E-state index in [9.17, 15) is 13.2 Å². The number of aliphatic imine (C=N–C) groups is 1. The number of guanidine groups is 1. The van der Waals surface area contributed by atoms with Crippen molar-refractivity contribution in [2.75, 3.05) is 32.1 Å². The molecule has 1 amide bonds. The molecule has 1 aliphatic rings. The van der Waals surface area contributed by atoms with Gasteiger partial charge < -0.3 is 16.4 Å². The zero-order valence-electron chi connectivity index (χ0n) is 18.2. The molecule has 0 bridgehead atoms. The number of benzene rings is 1. The highest BCUT2D eigenvalue weighted by Crippen LogP contribution is 2.18. The van der Waals surface area contributed by atoms with E-state index in [1.54, 1.807) is 7.05 Å². The van der Waals surface area contributed by atoms with Crippen LogP contribution in [0.2, 0.25) is 0 Å². The van der Waals surface area contributed by atoms with Gasteiger partial charge in [0.2, 0.25) is 5.91 Å². The molecule has 1 aliphatic heterocycles. The van der Waals surface area contributed by atoms with E-state index in [-0.39, 0.29) is 23.6 Å². The number of hydrogen-bond acceptors (Lipinski definition) is 5. The third-order valence-electron chi connectivity index (χ3n) is 5.29. The number of amides is 1. The van der Waals surface area contributed by atoms with Gasteiger partial charge in [0.15, 0.2) is 5.96 Å². The van der Waals surface area contributed by atoms with Gasteiger partial charge in [-0.1, -0.05) is 24.3 Å². The Kier molecular flexibility index (Phi) is 9.10. The first kappa shape index (κ1) is 24.1. The summed E-state index contributed by atoms with van der Waals surface area (Å²) in [6, 6.07) is 8.33. The Morgan fingerprint density at radius 1 is 1.37 bits per heavy atom. The van der Waals surface area contributed by atoms with Gasteiger partial charge in [-0.15, -0.1) is 0 Å². The maximum atomic E-state index is 11.5. The Hall–Kier alpha value is -2.13. The second-order valence-corrected chi connectivity index (χ2v) is 10.4. The van der Waals surface area contributed by atoms with Crippen molar-refractivity contribution in [3.8, 4) is 0 Å². The summed E-state index contributed by atoms with van der Waals surface area (Å²) in [5.74, 6) is 0.527. The summed E-state index contributed by atoms with van der Waals surface area (Å²) in [6.07, 6.45) is 3.65. The number of nitrogens with two attached hydrogens (primary N) is 1. The summed E-state index contributed by atoms with van der Waals surface area (Å²) < 4.78 is 22.7. The van der Waals surface area contributed by atoms with Crippen molar-refractivity contribution in [1.29, 1.82) is 0 Å². The molecule has 2 unspecified atom stereocenters. The molecule has 0 spiro atoms. The number of nitrogens with one attached hydrogen (secondary N) is 2. The Morgan fingerprint density at radius 3 is 2.77 bits per heavy atom. The first-order chi connectivity index (χ1) is 14.2. The number of hydrogen-bond donors (Lipinski definition) is 3. The number of rotatable bonds is 9. The molecule has 2 rings (SSSR count). The van der Waals surface area contributed by atoms with Gasteiger partial charge in [0.1, 0.15) is 9.84 Å². The molecular weight excluding hydrogens is 402 g/mol. The van der Waals surface area contributed by atoms with E-state index in [4.69, 9.17) is 5.73 Å². The van der Waals surface area contributed by atoms with Crippen molar-refractivity contribution in [3.63, 3.8) is 0 Å². The van der Waals surface area contributed by atoms with Gasteiger partial charge in [-0.2, -0.15) is 0 Å². The molecule has 1 aromatic rings. The molecule has 8 nitrogen and oxygen atoms in total. The average molecular weight is 438 g/mol. The van der Waals surface area contributed by atoms with Crippen LogP contribution in [0.15, 0.2) is 29.3 Å². The SMILES string of the molecule is CN=C(NCc1cccc(CN2CCCC(C(N)=O)C2)c1)NC(C)CCS(C)(=O)=O. The first-order valence-electron chi connectivity index (χ1n) is 10.4. The minimum absolute atomic E-state index is 0.00503. The quantitative estimate of drug-likeness (QED) is 0.390. The molecule has 0 aromatic heterocycles. The molecule has 9 heteroatoms. The van der Waals surface area contributed by atoms with E-state index in [1.165, 1.54) is 11.8 Å². The van der Waals surface area contributed by atoms with E-state index in [1.807, 2.05) is 13.0 Å². The standard InChI is InChI=1S/C21H35N5O3S/c1-16(9-11-30(3,28)29)25-21(23-2)24-13-17-6-4-7-18(12-17)14-26-10-5-8-19(15-26)20(22)27/h4,6-7,12,16,19H,5,8-11,13-15H2,1-3H3,(H2,22,27)(H2,23,24,25). The van der Waals surface area contributed by atoms with Gasteiger partial charge in [0.25, 0.3) is 0 Å². The molecule has 168 valence electrons. The molecule has 1 fully saturated rings. The normalized spacial score (nSPS) is 19.3. The number of piperidine rings is 1. The summed E-state index contributed by atoms with van der Waals surface area (Å²) in [6.45, 7) is 5.05. The van der Waals surface area contributed by atoms with E-state index < -0.39 is 9.84 Å². The van der Waals surface area contributed by atoms with Gasteiger partial charge in [-0.25, -0.2) is 8.42 Å². The van der Waals surface area contributed by atoms with Crippen LogP contribution in [0.5, 0.6) is 0 Å². The molecule has 0 saturated carbocycles. The fourth-order valence-electron chi connectivity index (χ4n) is 3.60. The maximum absolute atomic E-state index is 11.5. The van der Waals surface area contributed by atoms with Gasteiger partial charge >= 0.3 is 0 Å². The second-order valence-electron chi connectivity index (χ2n) is 8.19. The zero-order valence-corrected chi connectivity index (χ0v) is 19.0. The maximum Gasteiger partial charge on any atom is 0.221 e. The Labute approximate surface area is 180 Å². The fourth-order valence-corrected chi connectivity index (χ4v) is 4.39. The number of nitrogens with zero attached hydrogens (tertiary/aromatic N) is 2. The van der Waals surface area contributed by atoms with Crippen LogP contribution in [0.4, 0.5) is 0 Å². The fraction of sp³-hybridized carbons (Fsp3) is 0.619. The lowest BCUT2D eigenvalue weighted by Crippen LogP contribution is -2.42. The van der Waals surface area contributed by atoms with Gasteiger partial charge in [-0.3, -0.25) is 14.7 Å². The summed E-state index contributed by atoms with van der Waals surface area (Å²) in [5.41, 5.74) is 7.81. The van der Waals surface area contributed by atoms with Crippen molar-refractivity contribution in [2.24, 2.45) is 16.6 Å². The summed E-state index contributed by atoms with van der Waals surface area (Å²) >= 11 is 0. The molecule has 1 aromatic carbocycles. The number of sulfone groups is 1.